The minimum atomic E-state index is -0.224. The van der Waals surface area contributed by atoms with Crippen molar-refractivity contribution < 1.29 is 9.53 Å². The van der Waals surface area contributed by atoms with E-state index in [1.807, 2.05) is 6.07 Å². The second-order valence-corrected chi connectivity index (χ2v) is 6.11. The largest absolute Gasteiger partial charge is 0.464 e. The Bertz CT molecular complexity index is 391. The molecule has 20 heavy (non-hydrogen) atoms. The van der Waals surface area contributed by atoms with E-state index < -0.39 is 0 Å². The molecule has 1 aromatic carbocycles. The van der Waals surface area contributed by atoms with E-state index in [0.29, 0.717) is 6.61 Å². The molecule has 1 saturated heterocycles. The molecule has 4 heteroatoms. The fourth-order valence-corrected chi connectivity index (χ4v) is 3.05. The van der Waals surface area contributed by atoms with Gasteiger partial charge in [0.15, 0.2) is 0 Å². The summed E-state index contributed by atoms with van der Waals surface area (Å²) in [6, 6.07) is 10.3. The van der Waals surface area contributed by atoms with Crippen LogP contribution < -0.4 is 5.32 Å². The van der Waals surface area contributed by atoms with Crippen LogP contribution in [0.3, 0.4) is 0 Å². The lowest BCUT2D eigenvalue weighted by molar-refractivity contribution is -0.145. The third-order valence-corrected chi connectivity index (χ3v) is 4.35. The maximum absolute atomic E-state index is 11.7. The van der Waals surface area contributed by atoms with Crippen LogP contribution in [0.4, 0.5) is 0 Å². The molecule has 0 amide bonds. The summed E-state index contributed by atoms with van der Waals surface area (Å²) < 4.78 is 5.29. The molecule has 1 heterocycles. The number of unbranched alkanes of at least 4 members (excludes halogenated alkanes) is 2. The number of aryl methyl sites for hydroxylation is 1. The fraction of sp³-hybridized carbons (Fsp3) is 0.562. The first-order valence-electron chi connectivity index (χ1n) is 7.31. The number of ether oxygens (including phenoxy) is 1. The molecule has 3 nitrogen and oxygen atoms in total. The van der Waals surface area contributed by atoms with Gasteiger partial charge in [-0.1, -0.05) is 30.3 Å². The van der Waals surface area contributed by atoms with Gasteiger partial charge in [-0.15, -0.1) is 0 Å². The van der Waals surface area contributed by atoms with E-state index in [0.717, 1.165) is 43.7 Å². The van der Waals surface area contributed by atoms with Gasteiger partial charge >= 0.3 is 5.97 Å². The molecule has 1 aliphatic heterocycles. The molecule has 1 aliphatic rings. The number of hydrogen-bond donors (Lipinski definition) is 0. The van der Waals surface area contributed by atoms with Crippen LogP contribution in [0.1, 0.15) is 24.8 Å². The van der Waals surface area contributed by atoms with Gasteiger partial charge in [-0.3, -0.25) is 4.79 Å². The SMILES string of the molecule is O=C(OCCCCCc1ccccc1)C1CSCC[N]1. The zero-order chi connectivity index (χ0) is 14.0. The molecule has 1 aromatic rings. The van der Waals surface area contributed by atoms with Crippen molar-refractivity contribution in [2.45, 2.75) is 31.7 Å². The fourth-order valence-electron chi connectivity index (χ4n) is 2.18. The van der Waals surface area contributed by atoms with Gasteiger partial charge in [0.05, 0.1) is 6.61 Å². The number of thioether (sulfide) groups is 1. The number of carbonyl (C=O) groups excluding carboxylic acids is 1. The predicted molar refractivity (Wildman–Crippen MR) is 83.1 cm³/mol. The molecule has 0 aromatic heterocycles. The van der Waals surface area contributed by atoms with Crippen molar-refractivity contribution in [3.05, 3.63) is 35.9 Å². The molecule has 1 fully saturated rings. The molecule has 0 aliphatic carbocycles. The summed E-state index contributed by atoms with van der Waals surface area (Å²) in [5.41, 5.74) is 1.38. The highest BCUT2D eigenvalue weighted by Gasteiger charge is 2.23. The van der Waals surface area contributed by atoms with Crippen molar-refractivity contribution in [2.24, 2.45) is 0 Å². The highest BCUT2D eigenvalue weighted by molar-refractivity contribution is 7.99. The number of esters is 1. The topological polar surface area (TPSA) is 40.4 Å². The Kier molecular flexibility index (Phi) is 6.95. The van der Waals surface area contributed by atoms with Crippen LogP contribution in [0.25, 0.3) is 0 Å². The van der Waals surface area contributed by atoms with Gasteiger partial charge in [0.25, 0.3) is 0 Å². The zero-order valence-electron chi connectivity index (χ0n) is 11.8. The molecule has 0 bridgehead atoms. The summed E-state index contributed by atoms with van der Waals surface area (Å²) >= 11 is 1.78. The first-order valence-corrected chi connectivity index (χ1v) is 8.46. The van der Waals surface area contributed by atoms with Crippen molar-refractivity contribution >= 4 is 17.7 Å². The average Bonchev–Trinajstić information content (AvgIpc) is 2.52. The lowest BCUT2D eigenvalue weighted by Crippen LogP contribution is -2.39. The summed E-state index contributed by atoms with van der Waals surface area (Å²) in [6.07, 6.45) is 4.28. The maximum Gasteiger partial charge on any atom is 0.325 e. The van der Waals surface area contributed by atoms with Crippen molar-refractivity contribution in [1.82, 2.24) is 5.32 Å². The highest BCUT2D eigenvalue weighted by Crippen LogP contribution is 2.11. The predicted octanol–water partition coefficient (Wildman–Crippen LogP) is 2.66. The summed E-state index contributed by atoms with van der Waals surface area (Å²) in [4.78, 5) is 11.7. The van der Waals surface area contributed by atoms with E-state index in [1.54, 1.807) is 11.8 Å². The Balaban J connectivity index is 1.50. The number of rotatable bonds is 7. The Morgan fingerprint density at radius 1 is 1.25 bits per heavy atom. The van der Waals surface area contributed by atoms with Crippen molar-refractivity contribution in [3.63, 3.8) is 0 Å². The Hall–Kier alpha value is -1.00. The van der Waals surface area contributed by atoms with E-state index in [-0.39, 0.29) is 12.0 Å². The third-order valence-electron chi connectivity index (χ3n) is 3.33. The smallest absolute Gasteiger partial charge is 0.325 e. The van der Waals surface area contributed by atoms with E-state index >= 15 is 0 Å². The summed E-state index contributed by atoms with van der Waals surface area (Å²) in [5.74, 6) is 1.68. The summed E-state index contributed by atoms with van der Waals surface area (Å²) in [5, 5.41) is 4.29. The van der Waals surface area contributed by atoms with Gasteiger partial charge in [0.1, 0.15) is 6.04 Å². The van der Waals surface area contributed by atoms with Gasteiger partial charge in [-0.05, 0) is 31.2 Å². The molecule has 2 rings (SSSR count). The van der Waals surface area contributed by atoms with Gasteiger partial charge in [-0.2, -0.15) is 11.8 Å². The van der Waals surface area contributed by atoms with Crippen LogP contribution in [-0.4, -0.2) is 36.7 Å². The van der Waals surface area contributed by atoms with Gasteiger partial charge < -0.3 is 4.74 Å². The Morgan fingerprint density at radius 2 is 2.10 bits per heavy atom. The van der Waals surface area contributed by atoms with Crippen molar-refractivity contribution in [3.8, 4) is 0 Å². The van der Waals surface area contributed by atoms with Gasteiger partial charge in [0.2, 0.25) is 0 Å². The second-order valence-electron chi connectivity index (χ2n) is 4.96. The molecular weight excluding hydrogens is 270 g/mol. The number of carbonyl (C=O) groups is 1. The Morgan fingerprint density at radius 3 is 2.85 bits per heavy atom. The number of hydrogen-bond acceptors (Lipinski definition) is 3. The molecular formula is C16H22NO2S. The zero-order valence-corrected chi connectivity index (χ0v) is 12.6. The lowest BCUT2D eigenvalue weighted by atomic mass is 10.1. The highest BCUT2D eigenvalue weighted by atomic mass is 32.2. The quantitative estimate of drug-likeness (QED) is 0.573. The van der Waals surface area contributed by atoms with Crippen LogP contribution in [-0.2, 0) is 16.0 Å². The first-order chi connectivity index (χ1) is 9.86. The minimum Gasteiger partial charge on any atom is -0.464 e. The van der Waals surface area contributed by atoms with Crippen LogP contribution in [0.2, 0.25) is 0 Å². The Labute approximate surface area is 125 Å². The van der Waals surface area contributed by atoms with Gasteiger partial charge in [0, 0.05) is 18.1 Å². The van der Waals surface area contributed by atoms with Crippen LogP contribution in [0, 0.1) is 0 Å². The molecule has 0 N–H and O–H groups in total. The van der Waals surface area contributed by atoms with Crippen molar-refractivity contribution in [1.29, 1.82) is 0 Å². The molecule has 1 unspecified atom stereocenters. The molecule has 109 valence electrons. The minimum absolute atomic E-state index is 0.139. The molecule has 1 atom stereocenters. The maximum atomic E-state index is 11.7. The van der Waals surface area contributed by atoms with E-state index in [1.165, 1.54) is 5.56 Å². The third kappa shape index (κ3) is 5.55. The number of nitrogens with zero attached hydrogens (tertiary/aromatic N) is 1. The van der Waals surface area contributed by atoms with E-state index in [4.69, 9.17) is 4.74 Å². The van der Waals surface area contributed by atoms with Gasteiger partial charge in [-0.25, -0.2) is 5.32 Å². The monoisotopic (exact) mass is 292 g/mol. The summed E-state index contributed by atoms with van der Waals surface area (Å²) in [6.45, 7) is 1.31. The normalized spacial score (nSPS) is 18.7. The molecule has 0 saturated carbocycles. The van der Waals surface area contributed by atoms with Crippen LogP contribution in [0.5, 0.6) is 0 Å². The number of benzene rings is 1. The van der Waals surface area contributed by atoms with Crippen LogP contribution in [0.15, 0.2) is 30.3 Å². The second kappa shape index (κ2) is 9.03. The van der Waals surface area contributed by atoms with Crippen molar-refractivity contribution in [2.75, 3.05) is 24.7 Å². The average molecular weight is 292 g/mol. The van der Waals surface area contributed by atoms with E-state index in [9.17, 15) is 4.79 Å². The van der Waals surface area contributed by atoms with E-state index in [2.05, 4.69) is 29.6 Å². The molecule has 1 radical (unpaired) electrons. The molecule has 0 spiro atoms. The first kappa shape index (κ1) is 15.4. The standard InChI is InChI=1S/C16H22NO2S/c18-16(15-13-20-12-10-17-15)19-11-6-2-5-9-14-7-3-1-4-8-14/h1,3-4,7-8,15H,2,5-6,9-13H2. The van der Waals surface area contributed by atoms with Crippen LogP contribution >= 0.6 is 11.8 Å². The summed E-state index contributed by atoms with van der Waals surface area (Å²) in [7, 11) is 0. The lowest BCUT2D eigenvalue weighted by Gasteiger charge is -2.19.